The molecule has 7 rings (SSSR count). The minimum atomic E-state index is -1.04. The monoisotopic (exact) mass is 691 g/mol. The van der Waals surface area contributed by atoms with Crippen molar-refractivity contribution in [3.8, 4) is 0 Å². The van der Waals surface area contributed by atoms with Gasteiger partial charge in [0.15, 0.2) is 17.5 Å². The summed E-state index contributed by atoms with van der Waals surface area (Å²) in [6.45, 7) is 7.87. The highest BCUT2D eigenvalue weighted by molar-refractivity contribution is 5.89. The van der Waals surface area contributed by atoms with Gasteiger partial charge in [0.1, 0.15) is 17.1 Å². The molecule has 52 heavy (non-hydrogen) atoms. The van der Waals surface area contributed by atoms with Gasteiger partial charge in [-0.25, -0.2) is 13.2 Å². The number of para-hydroxylation sites is 2. The van der Waals surface area contributed by atoms with E-state index >= 15 is 13.2 Å². The van der Waals surface area contributed by atoms with Crippen molar-refractivity contribution in [2.24, 2.45) is 5.92 Å². The molecule has 260 valence electrons. The lowest BCUT2D eigenvalue weighted by Crippen LogP contribution is -2.26. The molecule has 0 saturated carbocycles. The largest absolute Gasteiger partial charge is 0.309 e. The van der Waals surface area contributed by atoms with Crippen LogP contribution in [0.4, 0.5) is 58.7 Å². The summed E-state index contributed by atoms with van der Waals surface area (Å²) in [5, 5.41) is 0. The molecular weight excluding hydrogens is 652 g/mol. The Morgan fingerprint density at radius 1 is 0.462 bits per heavy atom. The highest BCUT2D eigenvalue weighted by Crippen LogP contribution is 2.51. The third kappa shape index (κ3) is 6.72. The smallest absolute Gasteiger partial charge is 0.177 e. The fraction of sp³-hybridized carbons (Fsp3) is 0.130. The van der Waals surface area contributed by atoms with Crippen molar-refractivity contribution in [3.05, 3.63) is 192 Å². The van der Waals surface area contributed by atoms with Gasteiger partial charge in [-0.2, -0.15) is 0 Å². The summed E-state index contributed by atoms with van der Waals surface area (Å²) in [6.07, 6.45) is 6.39. The highest BCUT2D eigenvalue weighted by atomic mass is 19.1. The van der Waals surface area contributed by atoms with E-state index in [4.69, 9.17) is 0 Å². The molecule has 1 aliphatic rings. The van der Waals surface area contributed by atoms with Crippen molar-refractivity contribution in [1.29, 1.82) is 0 Å². The second kappa shape index (κ2) is 14.7. The molecule has 3 nitrogen and oxygen atoms in total. The molecular formula is C46H40F3N3. The average Bonchev–Trinajstić information content (AvgIpc) is 3.14. The Balaban J connectivity index is 1.65. The number of aryl methyl sites for hydroxylation is 3. The van der Waals surface area contributed by atoms with Crippen LogP contribution < -0.4 is 14.7 Å². The van der Waals surface area contributed by atoms with E-state index in [0.29, 0.717) is 40.6 Å². The Labute approximate surface area is 304 Å². The Morgan fingerprint density at radius 3 is 1.21 bits per heavy atom. The summed E-state index contributed by atoms with van der Waals surface area (Å²) in [6, 6.07) is 40.7. The molecule has 6 aromatic carbocycles. The normalized spacial score (nSPS) is 13.8. The van der Waals surface area contributed by atoms with Crippen molar-refractivity contribution in [1.82, 2.24) is 0 Å². The van der Waals surface area contributed by atoms with Crippen molar-refractivity contribution in [2.45, 2.75) is 34.1 Å². The van der Waals surface area contributed by atoms with E-state index in [0.717, 1.165) is 16.7 Å². The Kier molecular flexibility index (Phi) is 9.73. The van der Waals surface area contributed by atoms with Crippen LogP contribution in [0.3, 0.4) is 0 Å². The maximum atomic E-state index is 18.1. The van der Waals surface area contributed by atoms with Gasteiger partial charge in [-0.1, -0.05) is 91.9 Å². The minimum absolute atomic E-state index is 0.110. The number of hydrogen-bond acceptors (Lipinski definition) is 3. The first-order valence-corrected chi connectivity index (χ1v) is 17.5. The second-order valence-electron chi connectivity index (χ2n) is 13.4. The zero-order valence-electron chi connectivity index (χ0n) is 29.7. The molecule has 0 fully saturated rings. The summed E-state index contributed by atoms with van der Waals surface area (Å²) in [4.78, 5) is 4.73. The fourth-order valence-electron chi connectivity index (χ4n) is 6.91. The SMILES string of the molecule is Cc1cccc(N(C2=CC=CC(C)C2)c2c(F)c(N(c3ccccc3)c3cccc(C)c3)c(F)c(N(c3ccccc3)c3cccc(C)c3)c2F)c1. The first-order valence-electron chi connectivity index (χ1n) is 17.5. The van der Waals surface area contributed by atoms with Crippen molar-refractivity contribution < 1.29 is 13.2 Å². The lowest BCUT2D eigenvalue weighted by atomic mass is 9.97. The predicted octanol–water partition coefficient (Wildman–Crippen LogP) is 13.6. The van der Waals surface area contributed by atoms with Gasteiger partial charge >= 0.3 is 0 Å². The van der Waals surface area contributed by atoms with Gasteiger partial charge in [-0.15, -0.1) is 0 Å². The van der Waals surface area contributed by atoms with Crippen LogP contribution in [-0.4, -0.2) is 0 Å². The van der Waals surface area contributed by atoms with Crippen molar-refractivity contribution in [2.75, 3.05) is 14.7 Å². The summed E-state index contributed by atoms with van der Waals surface area (Å²) >= 11 is 0. The van der Waals surface area contributed by atoms with E-state index in [1.54, 1.807) is 39.0 Å². The van der Waals surface area contributed by atoms with Gasteiger partial charge < -0.3 is 14.7 Å². The number of allylic oxidation sites excluding steroid dienone is 4. The lowest BCUT2D eigenvalue weighted by Gasteiger charge is -2.36. The van der Waals surface area contributed by atoms with E-state index in [9.17, 15) is 0 Å². The maximum Gasteiger partial charge on any atom is 0.177 e. The molecule has 6 heteroatoms. The van der Waals surface area contributed by atoms with Crippen LogP contribution in [0.25, 0.3) is 0 Å². The summed E-state index contributed by atoms with van der Waals surface area (Å²) < 4.78 is 54.2. The van der Waals surface area contributed by atoms with Gasteiger partial charge in [0.05, 0.1) is 0 Å². The Morgan fingerprint density at radius 2 is 0.827 bits per heavy atom. The lowest BCUT2D eigenvalue weighted by molar-refractivity contribution is 0.547. The molecule has 0 spiro atoms. The standard InChI is InChI=1S/C46H40F3N3/c1-31-15-11-23-37(27-31)50(35-19-7-5-8-20-35)44-41(47)45(51(36-21-9-6-10-22-36)38-24-12-16-32(2)28-38)43(49)46(42(44)48)52(39-25-13-17-33(3)29-39)40-26-14-18-34(4)30-40/h5-29,34H,30H2,1-4H3. The van der Waals surface area contributed by atoms with Crippen molar-refractivity contribution in [3.63, 3.8) is 0 Å². The zero-order valence-corrected chi connectivity index (χ0v) is 29.7. The minimum Gasteiger partial charge on any atom is -0.309 e. The molecule has 1 aliphatic carbocycles. The first kappa shape index (κ1) is 34.4. The van der Waals surface area contributed by atoms with Gasteiger partial charge in [-0.05, 0) is 117 Å². The fourth-order valence-corrected chi connectivity index (χ4v) is 6.91. The average molecular weight is 692 g/mol. The number of anilines is 8. The van der Waals surface area contributed by atoms with E-state index in [2.05, 4.69) is 13.0 Å². The number of hydrogen-bond donors (Lipinski definition) is 0. The predicted molar refractivity (Wildman–Crippen MR) is 209 cm³/mol. The molecule has 0 radical (unpaired) electrons. The quantitative estimate of drug-likeness (QED) is 0.149. The van der Waals surface area contributed by atoms with Crippen LogP contribution >= 0.6 is 0 Å². The summed E-state index contributed by atoms with van der Waals surface area (Å²) in [7, 11) is 0. The number of nitrogens with zero attached hydrogens (tertiary/aromatic N) is 3. The third-order valence-electron chi connectivity index (χ3n) is 9.27. The van der Waals surface area contributed by atoms with E-state index in [1.165, 1.54) is 0 Å². The summed E-state index contributed by atoms with van der Waals surface area (Å²) in [5.74, 6) is -2.97. The van der Waals surface area contributed by atoms with Crippen LogP contribution in [0.5, 0.6) is 0 Å². The van der Waals surface area contributed by atoms with E-state index in [1.807, 2.05) is 142 Å². The van der Waals surface area contributed by atoms with Crippen LogP contribution in [0.15, 0.2) is 157 Å². The second-order valence-corrected chi connectivity index (χ2v) is 13.4. The number of halogens is 3. The van der Waals surface area contributed by atoms with Gasteiger partial charge in [0.2, 0.25) is 0 Å². The van der Waals surface area contributed by atoms with Crippen LogP contribution in [0, 0.1) is 44.1 Å². The first-order chi connectivity index (χ1) is 25.2. The van der Waals surface area contributed by atoms with Gasteiger partial charge in [0, 0.05) is 34.1 Å². The summed E-state index contributed by atoms with van der Waals surface area (Å²) in [5.41, 5.74) is 4.93. The van der Waals surface area contributed by atoms with Crippen molar-refractivity contribution >= 4 is 45.5 Å². The molecule has 0 N–H and O–H groups in total. The molecule has 0 aliphatic heterocycles. The Hall–Kier alpha value is -6.01. The topological polar surface area (TPSA) is 9.72 Å². The number of rotatable bonds is 9. The van der Waals surface area contributed by atoms with Gasteiger partial charge in [-0.3, -0.25) is 0 Å². The molecule has 0 amide bonds. The van der Waals surface area contributed by atoms with Crippen LogP contribution in [0.1, 0.15) is 30.0 Å². The van der Waals surface area contributed by atoms with E-state index in [-0.39, 0.29) is 11.6 Å². The molecule has 0 aromatic heterocycles. The van der Waals surface area contributed by atoms with Gasteiger partial charge in [0.25, 0.3) is 0 Å². The third-order valence-corrected chi connectivity index (χ3v) is 9.27. The molecule has 0 heterocycles. The molecule has 0 bridgehead atoms. The highest BCUT2D eigenvalue weighted by Gasteiger charge is 2.37. The maximum absolute atomic E-state index is 18.1. The molecule has 1 unspecified atom stereocenters. The Bertz CT molecular complexity index is 2160. The molecule has 1 atom stereocenters. The zero-order chi connectivity index (χ0) is 36.4. The van der Waals surface area contributed by atoms with Crippen LogP contribution in [-0.2, 0) is 0 Å². The van der Waals surface area contributed by atoms with E-state index < -0.39 is 28.8 Å². The van der Waals surface area contributed by atoms with Crippen LogP contribution in [0.2, 0.25) is 0 Å². The molecule has 0 saturated heterocycles. The number of benzene rings is 6. The molecule has 6 aromatic rings.